The first-order valence-electron chi connectivity index (χ1n) is 7.84. The van der Waals surface area contributed by atoms with Crippen molar-refractivity contribution in [1.29, 1.82) is 0 Å². The Kier molecular flexibility index (Phi) is 5.03. The largest absolute Gasteiger partial charge is 0.466 e. The number of hydrogen-bond acceptors (Lipinski definition) is 6. The second kappa shape index (κ2) is 7.57. The summed E-state index contributed by atoms with van der Waals surface area (Å²) in [5.41, 5.74) is 2.27. The van der Waals surface area contributed by atoms with E-state index in [4.69, 9.17) is 4.42 Å². The third-order valence-corrected chi connectivity index (χ3v) is 3.72. The zero-order valence-corrected chi connectivity index (χ0v) is 14.3. The van der Waals surface area contributed by atoms with Crippen LogP contribution in [-0.2, 0) is 19.1 Å². The first-order chi connectivity index (χ1) is 12.6. The van der Waals surface area contributed by atoms with Gasteiger partial charge in [0.15, 0.2) is 0 Å². The van der Waals surface area contributed by atoms with Gasteiger partial charge in [0.25, 0.3) is 0 Å². The van der Waals surface area contributed by atoms with Gasteiger partial charge in [-0.05, 0) is 24.3 Å². The van der Waals surface area contributed by atoms with Gasteiger partial charge in [-0.25, -0.2) is 9.59 Å². The summed E-state index contributed by atoms with van der Waals surface area (Å²) in [6.07, 6.45) is 1.04. The highest BCUT2D eigenvalue weighted by molar-refractivity contribution is 5.99. The number of esters is 2. The summed E-state index contributed by atoms with van der Waals surface area (Å²) in [5.74, 6) is -0.586. The van der Waals surface area contributed by atoms with Crippen LogP contribution in [0.3, 0.4) is 0 Å². The van der Waals surface area contributed by atoms with Gasteiger partial charge in [-0.1, -0.05) is 30.3 Å². The lowest BCUT2D eigenvalue weighted by Crippen LogP contribution is -2.15. The Morgan fingerprint density at radius 1 is 1.00 bits per heavy atom. The SMILES string of the molecule is COC(=O)/C=C(/Nc1ccc2oc(-c3ccccc3)cc2c1)C(=O)OC. The highest BCUT2D eigenvalue weighted by Crippen LogP contribution is 2.29. The molecule has 1 heterocycles. The molecule has 3 aromatic rings. The number of furan rings is 1. The second-order valence-electron chi connectivity index (χ2n) is 5.43. The molecule has 0 atom stereocenters. The fourth-order valence-electron chi connectivity index (χ4n) is 2.45. The number of ether oxygens (including phenoxy) is 2. The van der Waals surface area contributed by atoms with E-state index < -0.39 is 11.9 Å². The Bertz CT molecular complexity index is 972. The fourth-order valence-corrected chi connectivity index (χ4v) is 2.45. The lowest BCUT2D eigenvalue weighted by Gasteiger charge is -2.08. The average molecular weight is 351 g/mol. The molecule has 0 aliphatic rings. The van der Waals surface area contributed by atoms with Gasteiger partial charge in [0.2, 0.25) is 0 Å². The highest BCUT2D eigenvalue weighted by atomic mass is 16.5. The van der Waals surface area contributed by atoms with Gasteiger partial charge in [-0.3, -0.25) is 0 Å². The molecule has 0 spiro atoms. The number of carbonyl (C=O) groups excluding carboxylic acids is 2. The van der Waals surface area contributed by atoms with Gasteiger partial charge in [0.1, 0.15) is 17.0 Å². The van der Waals surface area contributed by atoms with Gasteiger partial charge >= 0.3 is 11.9 Å². The van der Waals surface area contributed by atoms with E-state index in [-0.39, 0.29) is 5.70 Å². The van der Waals surface area contributed by atoms with E-state index in [1.807, 2.05) is 42.5 Å². The molecule has 6 heteroatoms. The molecule has 6 nitrogen and oxygen atoms in total. The molecule has 0 unspecified atom stereocenters. The number of nitrogens with one attached hydrogen (secondary N) is 1. The van der Waals surface area contributed by atoms with Crippen LogP contribution in [0.2, 0.25) is 0 Å². The molecule has 1 aromatic heterocycles. The van der Waals surface area contributed by atoms with Crippen LogP contribution in [0, 0.1) is 0 Å². The molecule has 0 bridgehead atoms. The van der Waals surface area contributed by atoms with Gasteiger partial charge in [-0.2, -0.15) is 0 Å². The zero-order valence-electron chi connectivity index (χ0n) is 14.3. The van der Waals surface area contributed by atoms with Crippen LogP contribution in [0.15, 0.2) is 70.8 Å². The molecule has 1 N–H and O–H groups in total. The van der Waals surface area contributed by atoms with E-state index in [0.717, 1.165) is 22.8 Å². The van der Waals surface area contributed by atoms with Crippen molar-refractivity contribution in [3.05, 3.63) is 66.4 Å². The summed E-state index contributed by atoms with van der Waals surface area (Å²) in [5, 5.41) is 3.74. The van der Waals surface area contributed by atoms with Crippen LogP contribution >= 0.6 is 0 Å². The number of methoxy groups -OCH3 is 2. The summed E-state index contributed by atoms with van der Waals surface area (Å²) in [7, 11) is 2.47. The molecule has 0 saturated carbocycles. The number of hydrogen-bond donors (Lipinski definition) is 1. The maximum Gasteiger partial charge on any atom is 0.354 e. The van der Waals surface area contributed by atoms with Crippen LogP contribution in [0.4, 0.5) is 5.69 Å². The van der Waals surface area contributed by atoms with E-state index in [0.29, 0.717) is 11.3 Å². The summed E-state index contributed by atoms with van der Waals surface area (Å²) >= 11 is 0. The molecule has 0 amide bonds. The third kappa shape index (κ3) is 3.75. The number of fused-ring (bicyclic) bond motifs is 1. The summed E-state index contributed by atoms with van der Waals surface area (Å²) in [6.45, 7) is 0. The minimum absolute atomic E-state index is 0.0227. The molecule has 0 aliphatic heterocycles. The standard InChI is InChI=1S/C20H17NO5/c1-24-19(22)12-16(20(23)25-2)21-15-8-9-17-14(10-15)11-18(26-17)13-6-4-3-5-7-13/h3-12,21H,1-2H3/b16-12+. The number of carbonyl (C=O) groups is 2. The quantitative estimate of drug-likeness (QED) is 0.557. The normalized spacial score (nSPS) is 11.2. The summed E-state index contributed by atoms with van der Waals surface area (Å²) < 4.78 is 15.1. The van der Waals surface area contributed by atoms with Crippen molar-refractivity contribution in [3.8, 4) is 11.3 Å². The lowest BCUT2D eigenvalue weighted by molar-refractivity contribution is -0.138. The van der Waals surface area contributed by atoms with E-state index in [1.165, 1.54) is 14.2 Å². The molecule has 3 rings (SSSR count). The maximum absolute atomic E-state index is 11.8. The minimum atomic E-state index is -0.673. The molecular formula is C20H17NO5. The Morgan fingerprint density at radius 3 is 2.46 bits per heavy atom. The first kappa shape index (κ1) is 17.3. The molecule has 0 aliphatic carbocycles. The van der Waals surface area contributed by atoms with Gasteiger partial charge in [0.05, 0.1) is 20.3 Å². The topological polar surface area (TPSA) is 77.8 Å². The van der Waals surface area contributed by atoms with Gasteiger partial charge in [-0.15, -0.1) is 0 Å². The lowest BCUT2D eigenvalue weighted by atomic mass is 10.1. The molecule has 0 saturated heterocycles. The van der Waals surface area contributed by atoms with E-state index in [9.17, 15) is 9.59 Å². The number of rotatable bonds is 5. The Hall–Kier alpha value is -3.54. The Morgan fingerprint density at radius 2 is 1.77 bits per heavy atom. The van der Waals surface area contributed by atoms with Crippen molar-refractivity contribution in [2.45, 2.75) is 0 Å². The van der Waals surface area contributed by atoms with Crippen LogP contribution in [0.5, 0.6) is 0 Å². The van der Waals surface area contributed by atoms with E-state index in [1.54, 1.807) is 12.1 Å². The van der Waals surface area contributed by atoms with Crippen LogP contribution < -0.4 is 5.32 Å². The summed E-state index contributed by atoms with van der Waals surface area (Å²) in [4.78, 5) is 23.3. The van der Waals surface area contributed by atoms with E-state index in [2.05, 4.69) is 14.8 Å². The van der Waals surface area contributed by atoms with Crippen molar-refractivity contribution < 1.29 is 23.5 Å². The van der Waals surface area contributed by atoms with Crippen LogP contribution in [0.25, 0.3) is 22.3 Å². The van der Waals surface area contributed by atoms with Crippen molar-refractivity contribution in [1.82, 2.24) is 0 Å². The zero-order chi connectivity index (χ0) is 18.5. The van der Waals surface area contributed by atoms with Crippen molar-refractivity contribution in [2.75, 3.05) is 19.5 Å². The van der Waals surface area contributed by atoms with Crippen molar-refractivity contribution in [3.63, 3.8) is 0 Å². The maximum atomic E-state index is 11.8. The highest BCUT2D eigenvalue weighted by Gasteiger charge is 2.14. The van der Waals surface area contributed by atoms with E-state index >= 15 is 0 Å². The monoisotopic (exact) mass is 351 g/mol. The molecule has 0 fully saturated rings. The predicted octanol–water partition coefficient (Wildman–Crippen LogP) is 3.74. The number of anilines is 1. The molecule has 0 radical (unpaired) electrons. The third-order valence-electron chi connectivity index (χ3n) is 3.72. The fraction of sp³-hybridized carbons (Fsp3) is 0.100. The minimum Gasteiger partial charge on any atom is -0.466 e. The predicted molar refractivity (Wildman–Crippen MR) is 97.4 cm³/mol. The second-order valence-corrected chi connectivity index (χ2v) is 5.43. The molecular weight excluding hydrogens is 334 g/mol. The van der Waals surface area contributed by atoms with Crippen LogP contribution in [0.1, 0.15) is 0 Å². The molecule has 2 aromatic carbocycles. The smallest absolute Gasteiger partial charge is 0.354 e. The van der Waals surface area contributed by atoms with Crippen molar-refractivity contribution in [2.24, 2.45) is 0 Å². The Labute approximate surface area is 150 Å². The molecule has 26 heavy (non-hydrogen) atoms. The average Bonchev–Trinajstić information content (AvgIpc) is 3.10. The van der Waals surface area contributed by atoms with Gasteiger partial charge < -0.3 is 19.2 Å². The van der Waals surface area contributed by atoms with Crippen LogP contribution in [-0.4, -0.2) is 26.2 Å². The molecule has 132 valence electrons. The first-order valence-corrected chi connectivity index (χ1v) is 7.84. The van der Waals surface area contributed by atoms with Crippen molar-refractivity contribution >= 4 is 28.6 Å². The van der Waals surface area contributed by atoms with Gasteiger partial charge in [0, 0.05) is 16.6 Å². The Balaban J connectivity index is 1.92. The number of benzene rings is 2. The summed E-state index contributed by atoms with van der Waals surface area (Å²) in [6, 6.07) is 17.0.